The fraction of sp³-hybridized carbons (Fsp3) is 0.385. The standard InChI is InChI=1S/C26H28ClF2N7O4/c1-26(2,3)40-25(38)34-10-7-19(20(37)14-34)36-13-18(32-17-12-31-35-9-4-8-30-23(17)35)22(33-36)16-11-15(27)5-6-21(16)39-24(28)29/h4-6,8-9,11-13,19-20,24,32,37H,7,10,14H2,1-3H3/t19-,20-/m1/s1. The van der Waals surface area contributed by atoms with E-state index >= 15 is 0 Å². The first-order valence-electron chi connectivity index (χ1n) is 12.5. The van der Waals surface area contributed by atoms with Gasteiger partial charge in [0.2, 0.25) is 0 Å². The van der Waals surface area contributed by atoms with E-state index in [1.807, 2.05) is 0 Å². The van der Waals surface area contributed by atoms with Crippen molar-refractivity contribution in [3.63, 3.8) is 0 Å². The Morgan fingerprint density at radius 3 is 2.80 bits per heavy atom. The van der Waals surface area contributed by atoms with Crippen LogP contribution in [0.25, 0.3) is 16.9 Å². The molecule has 4 heterocycles. The first-order valence-corrected chi connectivity index (χ1v) is 12.9. The van der Waals surface area contributed by atoms with Gasteiger partial charge in [0.15, 0.2) is 5.65 Å². The van der Waals surface area contributed by atoms with Crippen LogP contribution in [0.3, 0.4) is 0 Å². The number of nitrogens with one attached hydrogen (secondary N) is 1. The van der Waals surface area contributed by atoms with E-state index in [0.29, 0.717) is 35.0 Å². The number of anilines is 2. The molecule has 1 saturated heterocycles. The van der Waals surface area contributed by atoms with Gasteiger partial charge in [-0.3, -0.25) is 4.68 Å². The minimum atomic E-state index is -3.07. The zero-order chi connectivity index (χ0) is 28.6. The molecule has 1 amide bonds. The van der Waals surface area contributed by atoms with E-state index in [0.717, 1.165) is 0 Å². The summed E-state index contributed by atoms with van der Waals surface area (Å²) in [7, 11) is 0. The van der Waals surface area contributed by atoms with Gasteiger partial charge in [-0.15, -0.1) is 0 Å². The summed E-state index contributed by atoms with van der Waals surface area (Å²) >= 11 is 6.24. The Labute approximate surface area is 233 Å². The molecular weight excluding hydrogens is 548 g/mol. The monoisotopic (exact) mass is 575 g/mol. The summed E-state index contributed by atoms with van der Waals surface area (Å²) in [6.07, 6.45) is 5.47. The Kier molecular flexibility index (Phi) is 7.51. The normalized spacial score (nSPS) is 17.9. The van der Waals surface area contributed by atoms with Gasteiger partial charge in [-0.05, 0) is 51.5 Å². The molecule has 0 spiro atoms. The second-order valence-electron chi connectivity index (χ2n) is 10.3. The summed E-state index contributed by atoms with van der Waals surface area (Å²) in [6.45, 7) is 2.61. The van der Waals surface area contributed by atoms with Gasteiger partial charge in [-0.25, -0.2) is 14.3 Å². The average Bonchev–Trinajstić information content (AvgIpc) is 3.48. The van der Waals surface area contributed by atoms with Crippen molar-refractivity contribution in [1.29, 1.82) is 0 Å². The molecule has 14 heteroatoms. The number of alkyl halides is 2. The zero-order valence-corrected chi connectivity index (χ0v) is 22.7. The van der Waals surface area contributed by atoms with Crippen LogP contribution in [0.15, 0.2) is 49.1 Å². The van der Waals surface area contributed by atoms with Crippen molar-refractivity contribution in [2.75, 3.05) is 18.4 Å². The van der Waals surface area contributed by atoms with Crippen molar-refractivity contribution >= 4 is 34.7 Å². The maximum Gasteiger partial charge on any atom is 0.410 e. The predicted octanol–water partition coefficient (Wildman–Crippen LogP) is 5.13. The third kappa shape index (κ3) is 5.94. The molecular formula is C26H28ClF2N7O4. The third-order valence-corrected chi connectivity index (χ3v) is 6.47. The number of nitrogens with zero attached hydrogens (tertiary/aromatic N) is 6. The van der Waals surface area contributed by atoms with Crippen molar-refractivity contribution in [2.45, 2.75) is 51.6 Å². The van der Waals surface area contributed by atoms with E-state index in [1.165, 1.54) is 23.1 Å². The van der Waals surface area contributed by atoms with Crippen LogP contribution in [0.4, 0.5) is 25.0 Å². The Balaban J connectivity index is 1.51. The number of piperidine rings is 1. The summed E-state index contributed by atoms with van der Waals surface area (Å²) in [5, 5.41) is 23.5. The van der Waals surface area contributed by atoms with E-state index in [9.17, 15) is 18.7 Å². The molecule has 3 aromatic heterocycles. The highest BCUT2D eigenvalue weighted by Gasteiger charge is 2.35. The van der Waals surface area contributed by atoms with Gasteiger partial charge in [0.25, 0.3) is 0 Å². The summed E-state index contributed by atoms with van der Waals surface area (Å²) < 4.78 is 39.9. The number of hydrogen-bond acceptors (Lipinski definition) is 8. The van der Waals surface area contributed by atoms with Crippen molar-refractivity contribution in [3.05, 3.63) is 54.1 Å². The van der Waals surface area contributed by atoms with E-state index in [2.05, 4.69) is 20.5 Å². The van der Waals surface area contributed by atoms with Gasteiger partial charge >= 0.3 is 12.7 Å². The summed E-state index contributed by atoms with van der Waals surface area (Å²) in [6, 6.07) is 5.48. The number of carbonyl (C=O) groups is 1. The molecule has 5 rings (SSSR count). The molecule has 2 atom stereocenters. The van der Waals surface area contributed by atoms with Gasteiger partial charge < -0.3 is 24.8 Å². The van der Waals surface area contributed by atoms with E-state index in [4.69, 9.17) is 21.1 Å². The van der Waals surface area contributed by atoms with Crippen LogP contribution in [-0.2, 0) is 4.74 Å². The fourth-order valence-electron chi connectivity index (χ4n) is 4.52. The maximum atomic E-state index is 13.3. The molecule has 0 unspecified atom stereocenters. The number of carbonyl (C=O) groups excluding carboxylic acids is 1. The molecule has 212 valence electrons. The highest BCUT2D eigenvalue weighted by molar-refractivity contribution is 6.31. The number of hydrogen-bond donors (Lipinski definition) is 2. The smallest absolute Gasteiger partial charge is 0.410 e. The van der Waals surface area contributed by atoms with Crippen LogP contribution >= 0.6 is 11.6 Å². The molecule has 0 bridgehead atoms. The van der Waals surface area contributed by atoms with Crippen molar-refractivity contribution < 1.29 is 28.2 Å². The molecule has 4 aromatic rings. The second-order valence-corrected chi connectivity index (χ2v) is 10.7. The van der Waals surface area contributed by atoms with Crippen LogP contribution in [-0.4, -0.2) is 71.9 Å². The largest absolute Gasteiger partial charge is 0.444 e. The Bertz CT molecular complexity index is 1520. The Morgan fingerprint density at radius 2 is 2.08 bits per heavy atom. The quantitative estimate of drug-likeness (QED) is 0.325. The second kappa shape index (κ2) is 10.9. The number of ether oxygens (including phenoxy) is 2. The third-order valence-electron chi connectivity index (χ3n) is 6.23. The first kappa shape index (κ1) is 27.6. The van der Waals surface area contributed by atoms with Crippen LogP contribution < -0.4 is 10.1 Å². The van der Waals surface area contributed by atoms with Crippen LogP contribution in [0.2, 0.25) is 5.02 Å². The number of likely N-dealkylation sites (tertiary alicyclic amines) is 1. The lowest BCUT2D eigenvalue weighted by atomic mass is 10.0. The Hall–Kier alpha value is -3.97. The molecule has 11 nitrogen and oxygen atoms in total. The SMILES string of the molecule is CC(C)(C)OC(=O)N1CC[C@@H](n2cc(Nc3cnn4cccnc34)c(-c3cc(Cl)ccc3OC(F)F)n2)[C@H](O)C1. The lowest BCUT2D eigenvalue weighted by molar-refractivity contribution is -0.0494. The molecule has 0 aliphatic carbocycles. The van der Waals surface area contributed by atoms with E-state index in [1.54, 1.807) is 60.8 Å². The molecule has 1 aliphatic heterocycles. The lowest BCUT2D eigenvalue weighted by Gasteiger charge is -2.36. The topological polar surface area (TPSA) is 119 Å². The summed E-state index contributed by atoms with van der Waals surface area (Å²) in [5.74, 6) is -0.119. The molecule has 2 N–H and O–H groups in total. The lowest BCUT2D eigenvalue weighted by Crippen LogP contribution is -2.48. The predicted molar refractivity (Wildman–Crippen MR) is 143 cm³/mol. The van der Waals surface area contributed by atoms with Gasteiger partial charge in [-0.1, -0.05) is 11.6 Å². The number of aliphatic hydroxyl groups excluding tert-OH is 1. The first-order chi connectivity index (χ1) is 19.0. The highest BCUT2D eigenvalue weighted by Crippen LogP contribution is 2.39. The average molecular weight is 576 g/mol. The van der Waals surface area contributed by atoms with Gasteiger partial charge in [-0.2, -0.15) is 19.0 Å². The number of aromatic nitrogens is 5. The highest BCUT2D eigenvalue weighted by atomic mass is 35.5. The molecule has 40 heavy (non-hydrogen) atoms. The fourth-order valence-corrected chi connectivity index (χ4v) is 4.69. The van der Waals surface area contributed by atoms with Crippen LogP contribution in [0.5, 0.6) is 5.75 Å². The molecule has 1 aromatic carbocycles. The van der Waals surface area contributed by atoms with Gasteiger partial charge in [0.1, 0.15) is 22.7 Å². The number of aliphatic hydroxyl groups is 1. The Morgan fingerprint density at radius 1 is 1.27 bits per heavy atom. The van der Waals surface area contributed by atoms with Crippen LogP contribution in [0, 0.1) is 0 Å². The summed E-state index contributed by atoms with van der Waals surface area (Å²) in [4.78, 5) is 18.3. The minimum Gasteiger partial charge on any atom is -0.444 e. The maximum absolute atomic E-state index is 13.3. The van der Waals surface area contributed by atoms with Crippen LogP contribution in [0.1, 0.15) is 33.2 Å². The van der Waals surface area contributed by atoms with E-state index in [-0.39, 0.29) is 23.6 Å². The number of β-amino-alcohol motifs (C(OH)–C–C–N with tert-alkyl or cyclic N) is 1. The summed E-state index contributed by atoms with van der Waals surface area (Å²) in [5.41, 5.74) is 1.30. The minimum absolute atomic E-state index is 0.0341. The molecule has 1 aliphatic rings. The molecule has 1 fully saturated rings. The number of fused-ring (bicyclic) bond motifs is 1. The molecule has 0 saturated carbocycles. The van der Waals surface area contributed by atoms with Crippen molar-refractivity contribution in [3.8, 4) is 17.0 Å². The van der Waals surface area contributed by atoms with Gasteiger partial charge in [0.05, 0.1) is 30.6 Å². The van der Waals surface area contributed by atoms with Crippen molar-refractivity contribution in [2.24, 2.45) is 0 Å². The number of rotatable bonds is 6. The zero-order valence-electron chi connectivity index (χ0n) is 22.0. The number of benzene rings is 1. The van der Waals surface area contributed by atoms with E-state index < -0.39 is 30.5 Å². The number of halogens is 3. The molecule has 0 radical (unpaired) electrons. The number of amides is 1. The van der Waals surface area contributed by atoms with Crippen molar-refractivity contribution in [1.82, 2.24) is 29.3 Å². The van der Waals surface area contributed by atoms with Gasteiger partial charge in [0, 0.05) is 35.7 Å².